The van der Waals surface area contributed by atoms with Gasteiger partial charge in [0.15, 0.2) is 11.5 Å². The fourth-order valence-corrected chi connectivity index (χ4v) is 5.17. The van der Waals surface area contributed by atoms with Crippen molar-refractivity contribution in [3.63, 3.8) is 0 Å². The lowest BCUT2D eigenvalue weighted by Gasteiger charge is -2.29. The van der Waals surface area contributed by atoms with E-state index in [2.05, 4.69) is 18.8 Å². The van der Waals surface area contributed by atoms with Crippen LogP contribution in [-0.4, -0.2) is 66.4 Å². The van der Waals surface area contributed by atoms with E-state index in [0.29, 0.717) is 41.4 Å². The molecule has 1 unspecified atom stereocenters. The number of aryl methyl sites for hydroxylation is 1. The van der Waals surface area contributed by atoms with Crippen LogP contribution in [0.3, 0.4) is 0 Å². The Hall–Kier alpha value is -3.85. The minimum absolute atomic E-state index is 0.0968. The normalized spacial score (nSPS) is 17.2. The van der Waals surface area contributed by atoms with Crippen LogP contribution in [-0.2, 0) is 9.59 Å². The number of nitrogens with zero attached hydrogens (tertiary/aromatic N) is 3. The quantitative estimate of drug-likeness (QED) is 0.252. The predicted octanol–water partition coefficient (Wildman–Crippen LogP) is 1.20. The van der Waals surface area contributed by atoms with Crippen molar-refractivity contribution < 1.29 is 29.1 Å². The van der Waals surface area contributed by atoms with Crippen molar-refractivity contribution in [2.24, 2.45) is 0 Å². The van der Waals surface area contributed by atoms with Crippen LogP contribution in [0.4, 0.5) is 0 Å². The molecule has 1 N–H and O–H groups in total. The van der Waals surface area contributed by atoms with Gasteiger partial charge in [0.1, 0.15) is 5.65 Å². The molecule has 4 rings (SSSR count). The van der Waals surface area contributed by atoms with E-state index >= 15 is 0 Å². The zero-order chi connectivity index (χ0) is 26.7. The third-order valence-corrected chi connectivity index (χ3v) is 7.11. The number of ketones is 1. The Morgan fingerprint density at radius 2 is 1.84 bits per heavy atom. The molecule has 1 atom stereocenters. The van der Waals surface area contributed by atoms with E-state index in [0.717, 1.165) is 19.6 Å². The standard InChI is InChI=1S/C28H34N4O5/c1-6-30(7-2)15-11-17-32-24(19-12-10-13-20(36-4)27(19)37-5)22(26(34)28(32)35)25(33)23-18(3)29-21-14-8-9-16-31(21)23/h8-10,12-14,16,24,33H,6-7,11,15,17H2,1-5H3. The van der Waals surface area contributed by atoms with Crippen molar-refractivity contribution in [3.8, 4) is 11.5 Å². The minimum Gasteiger partial charge on any atom is -0.871 e. The Bertz CT molecular complexity index is 1340. The number of carbonyl (C=O) groups excluding carboxylic acids is 2. The zero-order valence-electron chi connectivity index (χ0n) is 22.0. The van der Waals surface area contributed by atoms with Crippen LogP contribution in [0.1, 0.15) is 43.3 Å². The summed E-state index contributed by atoms with van der Waals surface area (Å²) in [7, 11) is 3.03. The first kappa shape index (κ1) is 26.2. The molecule has 196 valence electrons. The highest BCUT2D eigenvalue weighted by Gasteiger charge is 2.45. The number of methoxy groups -OCH3 is 2. The van der Waals surface area contributed by atoms with Gasteiger partial charge in [-0.05, 0) is 39.0 Å². The van der Waals surface area contributed by atoms with Crippen molar-refractivity contribution in [2.75, 3.05) is 40.4 Å². The maximum Gasteiger partial charge on any atom is 0.295 e. The van der Waals surface area contributed by atoms with E-state index in [1.807, 2.05) is 6.07 Å². The molecular formula is C28H34N4O5. The van der Waals surface area contributed by atoms with Gasteiger partial charge in [-0.1, -0.05) is 24.0 Å². The minimum atomic E-state index is -0.905. The third kappa shape index (κ3) is 4.67. The summed E-state index contributed by atoms with van der Waals surface area (Å²) in [6.07, 6.45) is 2.42. The number of nitrogens with one attached hydrogen (secondary N) is 1. The Labute approximate surface area is 216 Å². The summed E-state index contributed by atoms with van der Waals surface area (Å²) in [6, 6.07) is 9.79. The van der Waals surface area contributed by atoms with Crippen molar-refractivity contribution in [2.45, 2.75) is 33.2 Å². The lowest BCUT2D eigenvalue weighted by molar-refractivity contribution is -0.896. The summed E-state index contributed by atoms with van der Waals surface area (Å²) in [6.45, 7) is 9.10. The molecule has 0 aliphatic carbocycles. The highest BCUT2D eigenvalue weighted by Crippen LogP contribution is 2.45. The molecule has 9 nitrogen and oxygen atoms in total. The molecule has 1 saturated heterocycles. The monoisotopic (exact) mass is 506 g/mol. The molecular weight excluding hydrogens is 472 g/mol. The van der Waals surface area contributed by atoms with Crippen molar-refractivity contribution >= 4 is 23.1 Å². The number of para-hydroxylation sites is 1. The Balaban J connectivity index is 1.89. The van der Waals surface area contributed by atoms with Gasteiger partial charge in [-0.2, -0.15) is 0 Å². The number of amides is 1. The van der Waals surface area contributed by atoms with Crippen LogP contribution in [0.15, 0.2) is 48.2 Å². The van der Waals surface area contributed by atoms with Crippen LogP contribution < -0.4 is 19.5 Å². The van der Waals surface area contributed by atoms with Gasteiger partial charge in [0, 0.05) is 30.3 Å². The van der Waals surface area contributed by atoms with Gasteiger partial charge in [0.2, 0.25) is 5.78 Å². The Morgan fingerprint density at radius 1 is 1.08 bits per heavy atom. The summed E-state index contributed by atoms with van der Waals surface area (Å²) in [5.74, 6) is -1.14. The molecule has 3 aromatic rings. The molecule has 0 saturated carbocycles. The first-order valence-corrected chi connectivity index (χ1v) is 12.6. The molecule has 0 spiro atoms. The second-order valence-corrected chi connectivity index (χ2v) is 9.09. The molecule has 9 heteroatoms. The smallest absolute Gasteiger partial charge is 0.295 e. The van der Waals surface area contributed by atoms with Crippen LogP contribution in [0.25, 0.3) is 11.4 Å². The molecule has 0 bridgehead atoms. The number of pyridine rings is 1. The number of fused-ring (bicyclic) bond motifs is 1. The topological polar surface area (TPSA) is 101 Å². The number of hydrogen-bond donors (Lipinski definition) is 1. The Morgan fingerprint density at radius 3 is 2.51 bits per heavy atom. The first-order valence-electron chi connectivity index (χ1n) is 12.6. The summed E-state index contributed by atoms with van der Waals surface area (Å²) in [4.78, 5) is 34.3. The summed E-state index contributed by atoms with van der Waals surface area (Å²) >= 11 is 0. The highest BCUT2D eigenvalue weighted by molar-refractivity contribution is 6.46. The van der Waals surface area contributed by atoms with Crippen molar-refractivity contribution in [1.29, 1.82) is 0 Å². The maximum atomic E-state index is 14.1. The van der Waals surface area contributed by atoms with Crippen LogP contribution in [0.2, 0.25) is 0 Å². The van der Waals surface area contributed by atoms with Gasteiger partial charge in [-0.15, -0.1) is 0 Å². The highest BCUT2D eigenvalue weighted by atomic mass is 16.5. The molecule has 37 heavy (non-hydrogen) atoms. The number of rotatable bonds is 10. The number of quaternary nitrogens is 1. The fourth-order valence-electron chi connectivity index (χ4n) is 5.17. The number of hydrogen-bond acceptors (Lipinski definition) is 6. The summed E-state index contributed by atoms with van der Waals surface area (Å²) in [5, 5.41) is 14.1. The van der Waals surface area contributed by atoms with Crippen LogP contribution in [0, 0.1) is 6.92 Å². The first-order chi connectivity index (χ1) is 17.9. The zero-order valence-corrected chi connectivity index (χ0v) is 22.0. The number of imidazole rings is 1. The maximum absolute atomic E-state index is 14.1. The lowest BCUT2D eigenvalue weighted by Crippen LogP contribution is -3.11. The van der Waals surface area contributed by atoms with Gasteiger partial charge >= 0.3 is 0 Å². The number of likely N-dealkylation sites (tertiary alicyclic amines) is 1. The Kier molecular flexibility index (Phi) is 7.83. The van der Waals surface area contributed by atoms with E-state index in [-0.39, 0.29) is 11.3 Å². The lowest BCUT2D eigenvalue weighted by atomic mass is 9.95. The third-order valence-electron chi connectivity index (χ3n) is 7.11. The van der Waals surface area contributed by atoms with Gasteiger partial charge in [-0.3, -0.25) is 9.59 Å². The average molecular weight is 507 g/mol. The second-order valence-electron chi connectivity index (χ2n) is 9.09. The number of aromatic nitrogens is 2. The molecule has 1 aromatic carbocycles. The van der Waals surface area contributed by atoms with Gasteiger partial charge in [0.05, 0.1) is 51.3 Å². The van der Waals surface area contributed by atoms with Crippen LogP contribution in [0.5, 0.6) is 11.5 Å². The van der Waals surface area contributed by atoms with Crippen molar-refractivity contribution in [3.05, 3.63) is 65.1 Å². The molecule has 0 radical (unpaired) electrons. The molecule has 1 amide bonds. The average Bonchev–Trinajstić information content (AvgIpc) is 3.38. The van der Waals surface area contributed by atoms with E-state index < -0.39 is 23.5 Å². The number of carbonyl (C=O) groups is 2. The second kappa shape index (κ2) is 11.0. The predicted molar refractivity (Wildman–Crippen MR) is 137 cm³/mol. The number of ether oxygens (including phenoxy) is 2. The summed E-state index contributed by atoms with van der Waals surface area (Å²) in [5.41, 5.74) is 1.79. The molecule has 2 aromatic heterocycles. The van der Waals surface area contributed by atoms with Crippen molar-refractivity contribution in [1.82, 2.24) is 14.3 Å². The van der Waals surface area contributed by atoms with E-state index in [4.69, 9.17) is 9.47 Å². The fraction of sp³-hybridized carbons (Fsp3) is 0.393. The van der Waals surface area contributed by atoms with Crippen LogP contribution >= 0.6 is 0 Å². The largest absolute Gasteiger partial charge is 0.871 e. The number of benzene rings is 1. The summed E-state index contributed by atoms with van der Waals surface area (Å²) < 4.78 is 12.8. The van der Waals surface area contributed by atoms with Gasteiger partial charge in [-0.25, -0.2) is 4.98 Å². The van der Waals surface area contributed by atoms with E-state index in [1.165, 1.54) is 24.0 Å². The molecule has 1 aliphatic heterocycles. The SMILES string of the molecule is CC[NH+](CC)CCCN1C(=O)C(=O)C(=C([O-])c2c(C)nc3ccccn23)C1c1cccc(OC)c1OC. The van der Waals surface area contributed by atoms with E-state index in [1.54, 1.807) is 47.9 Å². The molecule has 1 fully saturated rings. The molecule has 3 heterocycles. The van der Waals surface area contributed by atoms with Gasteiger partial charge < -0.3 is 28.8 Å². The number of Topliss-reactive ketones (excluding diaryl/α,β-unsaturated/α-hetero) is 1. The molecule has 1 aliphatic rings. The van der Waals surface area contributed by atoms with E-state index in [9.17, 15) is 14.7 Å². The van der Waals surface area contributed by atoms with Gasteiger partial charge in [0.25, 0.3) is 5.91 Å².